The normalized spacial score (nSPS) is 12.5. The lowest BCUT2D eigenvalue weighted by atomic mass is 10.1. The number of nitrogens with zero attached hydrogens (tertiary/aromatic N) is 1. The van der Waals surface area contributed by atoms with E-state index >= 15 is 0 Å². The minimum atomic E-state index is -3.63. The molecule has 25 heavy (non-hydrogen) atoms. The lowest BCUT2D eigenvalue weighted by molar-refractivity contribution is -0.116. The number of carbonyl (C=O) groups is 1. The largest absolute Gasteiger partial charge is 0.323 e. The van der Waals surface area contributed by atoms with Crippen molar-refractivity contribution >= 4 is 43.2 Å². The highest BCUT2D eigenvalue weighted by atomic mass is 79.9. The van der Waals surface area contributed by atoms with Crippen molar-refractivity contribution < 1.29 is 13.2 Å². The highest BCUT2D eigenvalue weighted by molar-refractivity contribution is 9.10. The van der Waals surface area contributed by atoms with Gasteiger partial charge in [-0.25, -0.2) is 8.42 Å². The van der Waals surface area contributed by atoms with E-state index in [1.165, 1.54) is 0 Å². The zero-order valence-corrected chi connectivity index (χ0v) is 17.0. The number of aryl methyl sites for hydroxylation is 2. The van der Waals surface area contributed by atoms with Crippen molar-refractivity contribution in [3.8, 4) is 0 Å². The van der Waals surface area contributed by atoms with E-state index < -0.39 is 22.0 Å². The van der Waals surface area contributed by atoms with Gasteiger partial charge in [0.25, 0.3) is 0 Å². The summed E-state index contributed by atoms with van der Waals surface area (Å²) in [4.78, 5) is 12.6. The molecule has 7 heteroatoms. The maximum atomic E-state index is 12.6. The summed E-state index contributed by atoms with van der Waals surface area (Å²) in [5.41, 5.74) is 3.08. The van der Waals surface area contributed by atoms with E-state index in [9.17, 15) is 13.2 Å². The highest BCUT2D eigenvalue weighted by Gasteiger charge is 2.29. The number of para-hydroxylation sites is 1. The number of nitrogens with one attached hydrogen (secondary N) is 1. The second-order valence-corrected chi connectivity index (χ2v) is 8.69. The van der Waals surface area contributed by atoms with E-state index in [1.54, 1.807) is 37.3 Å². The van der Waals surface area contributed by atoms with Gasteiger partial charge in [-0.15, -0.1) is 0 Å². The number of hydrogen-bond acceptors (Lipinski definition) is 3. The summed E-state index contributed by atoms with van der Waals surface area (Å²) in [5, 5.41) is 2.77. The van der Waals surface area contributed by atoms with Gasteiger partial charge in [0, 0.05) is 4.47 Å². The van der Waals surface area contributed by atoms with Gasteiger partial charge in [0.2, 0.25) is 15.9 Å². The third kappa shape index (κ3) is 4.61. The summed E-state index contributed by atoms with van der Waals surface area (Å²) < 4.78 is 26.5. The van der Waals surface area contributed by atoms with E-state index in [0.717, 1.165) is 26.2 Å². The topological polar surface area (TPSA) is 66.5 Å². The zero-order valence-electron chi connectivity index (χ0n) is 14.6. The molecular weight excluding hydrogens is 404 g/mol. The van der Waals surface area contributed by atoms with Crippen LogP contribution in [0.1, 0.15) is 18.1 Å². The van der Waals surface area contributed by atoms with Crippen LogP contribution in [0.15, 0.2) is 46.9 Å². The third-order valence-corrected chi connectivity index (χ3v) is 5.90. The van der Waals surface area contributed by atoms with E-state index in [-0.39, 0.29) is 0 Å². The van der Waals surface area contributed by atoms with Crippen LogP contribution >= 0.6 is 15.9 Å². The number of halogens is 1. The van der Waals surface area contributed by atoms with Crippen molar-refractivity contribution in [2.75, 3.05) is 15.9 Å². The Morgan fingerprint density at radius 1 is 1.12 bits per heavy atom. The molecule has 0 aliphatic heterocycles. The van der Waals surface area contributed by atoms with Crippen LogP contribution in [0.4, 0.5) is 11.4 Å². The number of benzene rings is 2. The molecule has 5 nitrogen and oxygen atoms in total. The molecule has 2 aromatic carbocycles. The van der Waals surface area contributed by atoms with Gasteiger partial charge in [0.1, 0.15) is 6.04 Å². The van der Waals surface area contributed by atoms with Gasteiger partial charge in [-0.1, -0.05) is 18.2 Å². The molecule has 1 amide bonds. The van der Waals surface area contributed by atoms with Gasteiger partial charge in [-0.05, 0) is 72.1 Å². The molecule has 0 aromatic heterocycles. The predicted molar refractivity (Wildman–Crippen MR) is 105 cm³/mol. The predicted octanol–water partition coefficient (Wildman–Crippen LogP) is 3.86. The zero-order chi connectivity index (χ0) is 18.8. The molecule has 0 bridgehead atoms. The molecule has 0 heterocycles. The number of carbonyl (C=O) groups excluding carboxylic acids is 1. The molecule has 0 aliphatic carbocycles. The van der Waals surface area contributed by atoms with Crippen molar-refractivity contribution in [3.63, 3.8) is 0 Å². The number of amides is 1. The maximum Gasteiger partial charge on any atom is 0.248 e. The second kappa shape index (κ2) is 7.58. The van der Waals surface area contributed by atoms with E-state index in [1.807, 2.05) is 26.0 Å². The van der Waals surface area contributed by atoms with Crippen LogP contribution in [0.2, 0.25) is 0 Å². The van der Waals surface area contributed by atoms with Gasteiger partial charge < -0.3 is 5.32 Å². The minimum Gasteiger partial charge on any atom is -0.323 e. The molecular formula is C18H21BrN2O3S. The van der Waals surface area contributed by atoms with Crippen molar-refractivity contribution in [3.05, 3.63) is 58.1 Å². The van der Waals surface area contributed by atoms with Gasteiger partial charge in [-0.2, -0.15) is 0 Å². The van der Waals surface area contributed by atoms with Crippen LogP contribution in [-0.4, -0.2) is 26.6 Å². The maximum absolute atomic E-state index is 12.6. The first-order valence-electron chi connectivity index (χ1n) is 7.73. The van der Waals surface area contributed by atoms with Crippen molar-refractivity contribution in [1.82, 2.24) is 0 Å². The molecule has 0 aliphatic rings. The first kappa shape index (κ1) is 19.5. The molecule has 0 radical (unpaired) electrons. The summed E-state index contributed by atoms with van der Waals surface area (Å²) in [5.74, 6) is -0.407. The van der Waals surface area contributed by atoms with Gasteiger partial charge in [0.15, 0.2) is 0 Å². The molecule has 2 rings (SSSR count). The Morgan fingerprint density at radius 2 is 1.76 bits per heavy atom. The first-order valence-corrected chi connectivity index (χ1v) is 10.4. The Balaban J connectivity index is 2.36. The van der Waals surface area contributed by atoms with Crippen LogP contribution in [0.3, 0.4) is 0 Å². The lowest BCUT2D eigenvalue weighted by Gasteiger charge is -2.28. The molecule has 1 unspecified atom stereocenters. The molecule has 0 fully saturated rings. The number of rotatable bonds is 5. The first-order chi connectivity index (χ1) is 11.6. The monoisotopic (exact) mass is 424 g/mol. The molecule has 0 saturated carbocycles. The second-order valence-electron chi connectivity index (χ2n) is 5.97. The Labute approximate surface area is 157 Å². The van der Waals surface area contributed by atoms with Crippen LogP contribution in [-0.2, 0) is 14.8 Å². The lowest BCUT2D eigenvalue weighted by Crippen LogP contribution is -2.45. The highest BCUT2D eigenvalue weighted by Crippen LogP contribution is 2.26. The Hall–Kier alpha value is -1.86. The molecule has 1 N–H and O–H groups in total. The standard InChI is InChI=1S/C18H21BrN2O3S/c1-12-9-10-15(11-13(12)2)21(25(4,23)24)14(3)18(22)20-17-8-6-5-7-16(17)19/h5-11,14H,1-4H3,(H,20,22). The van der Waals surface area contributed by atoms with E-state index in [0.29, 0.717) is 11.4 Å². The summed E-state index contributed by atoms with van der Waals surface area (Å²) in [6.07, 6.45) is 1.10. The smallest absolute Gasteiger partial charge is 0.248 e. The van der Waals surface area contributed by atoms with Crippen LogP contribution in [0.25, 0.3) is 0 Å². The quantitative estimate of drug-likeness (QED) is 0.791. The number of sulfonamides is 1. The summed E-state index contributed by atoms with van der Waals surface area (Å²) in [6.45, 7) is 5.43. The average Bonchev–Trinajstić information content (AvgIpc) is 2.51. The molecule has 0 spiro atoms. The minimum absolute atomic E-state index is 0.407. The SMILES string of the molecule is Cc1ccc(N(C(C)C(=O)Nc2ccccc2Br)S(C)(=O)=O)cc1C. The van der Waals surface area contributed by atoms with Gasteiger partial charge in [-0.3, -0.25) is 9.10 Å². The molecule has 1 atom stereocenters. The fourth-order valence-electron chi connectivity index (χ4n) is 2.47. The fraction of sp³-hybridized carbons (Fsp3) is 0.278. The van der Waals surface area contributed by atoms with Crippen molar-refractivity contribution in [2.24, 2.45) is 0 Å². The molecule has 0 saturated heterocycles. The van der Waals surface area contributed by atoms with Gasteiger partial charge >= 0.3 is 0 Å². The van der Waals surface area contributed by atoms with Gasteiger partial charge in [0.05, 0.1) is 17.6 Å². The fourth-order valence-corrected chi connectivity index (χ4v) is 4.02. The summed E-state index contributed by atoms with van der Waals surface area (Å²) in [7, 11) is -3.63. The van der Waals surface area contributed by atoms with E-state index in [4.69, 9.17) is 0 Å². The Bertz CT molecular complexity index is 897. The molecule has 2 aromatic rings. The number of hydrogen-bond donors (Lipinski definition) is 1. The van der Waals surface area contributed by atoms with Crippen molar-refractivity contribution in [1.29, 1.82) is 0 Å². The molecule has 134 valence electrons. The van der Waals surface area contributed by atoms with Crippen LogP contribution in [0.5, 0.6) is 0 Å². The summed E-state index contributed by atoms with van der Waals surface area (Å²) >= 11 is 3.37. The van der Waals surface area contributed by atoms with Crippen LogP contribution in [0, 0.1) is 13.8 Å². The average molecular weight is 425 g/mol. The Kier molecular flexibility index (Phi) is 5.90. The van der Waals surface area contributed by atoms with E-state index in [2.05, 4.69) is 21.2 Å². The third-order valence-electron chi connectivity index (χ3n) is 3.97. The van der Waals surface area contributed by atoms with Crippen molar-refractivity contribution in [2.45, 2.75) is 26.8 Å². The summed E-state index contributed by atoms with van der Waals surface area (Å²) in [6, 6.07) is 11.6. The van der Waals surface area contributed by atoms with Crippen LogP contribution < -0.4 is 9.62 Å². The Morgan fingerprint density at radius 3 is 2.32 bits per heavy atom. The number of anilines is 2.